The van der Waals surface area contributed by atoms with Gasteiger partial charge in [0.2, 0.25) is 53.2 Å². The number of carboxylic acids is 3. The van der Waals surface area contributed by atoms with Crippen molar-refractivity contribution in [3.63, 3.8) is 0 Å². The van der Waals surface area contributed by atoms with E-state index < -0.39 is 175 Å². The van der Waals surface area contributed by atoms with E-state index in [0.717, 1.165) is 6.92 Å². The Morgan fingerprint density at radius 2 is 1.13 bits per heavy atom. The molecule has 0 saturated carbocycles. The average molecular weight is 1120 g/mol. The van der Waals surface area contributed by atoms with Gasteiger partial charge in [0.15, 0.2) is 5.96 Å². The number of thioether (sulfide) groups is 1. The number of thiol groups is 1. The molecule has 0 unspecified atom stereocenters. The highest BCUT2D eigenvalue weighted by Gasteiger charge is 2.37. The molecule has 9 amide bonds. The third kappa shape index (κ3) is 25.3. The van der Waals surface area contributed by atoms with Gasteiger partial charge < -0.3 is 90.9 Å². The number of amides is 9. The summed E-state index contributed by atoms with van der Waals surface area (Å²) in [4.78, 5) is 167. The van der Waals surface area contributed by atoms with Gasteiger partial charge in [-0.1, -0.05) is 13.8 Å². The summed E-state index contributed by atoms with van der Waals surface area (Å²) in [5, 5.41) is 57.4. The van der Waals surface area contributed by atoms with Crippen LogP contribution in [-0.4, -0.2) is 192 Å². The van der Waals surface area contributed by atoms with Gasteiger partial charge in [0.05, 0.1) is 24.9 Å². The van der Waals surface area contributed by atoms with Crippen LogP contribution in [0.4, 0.5) is 0 Å². The zero-order valence-electron chi connectivity index (χ0n) is 42.2. The number of primary amides is 1. The minimum atomic E-state index is -1.96. The van der Waals surface area contributed by atoms with Crippen LogP contribution in [0.3, 0.4) is 0 Å². The largest absolute Gasteiger partial charge is 0.481 e. The van der Waals surface area contributed by atoms with Gasteiger partial charge in [-0.05, 0) is 57.0 Å². The molecule has 1 heterocycles. The van der Waals surface area contributed by atoms with Crippen molar-refractivity contribution >= 4 is 101 Å². The summed E-state index contributed by atoms with van der Waals surface area (Å²) in [6.45, 7) is 3.85. The number of nitrogens with zero attached hydrogens (tertiary/aromatic N) is 2. The number of nitrogens with two attached hydrogens (primary N) is 4. The van der Waals surface area contributed by atoms with E-state index in [2.05, 4.69) is 64.8 Å². The van der Waals surface area contributed by atoms with Crippen molar-refractivity contribution in [2.75, 3.05) is 24.3 Å². The predicted octanol–water partition coefficient (Wildman–Crippen LogP) is -6.38. The molecule has 1 rings (SSSR count). The summed E-state index contributed by atoms with van der Waals surface area (Å²) in [7, 11) is 0. The minimum absolute atomic E-state index is 0.0388. The molecule has 426 valence electrons. The molecule has 1 aromatic rings. The Bertz CT molecular complexity index is 2200. The van der Waals surface area contributed by atoms with Crippen LogP contribution in [0.5, 0.6) is 0 Å². The molecule has 0 aliphatic rings. The minimum Gasteiger partial charge on any atom is -0.481 e. The summed E-state index contributed by atoms with van der Waals surface area (Å²) in [5.41, 5.74) is 22.8. The smallest absolute Gasteiger partial charge is 0.327 e. The number of guanidine groups is 1. The number of aromatic nitrogens is 2. The van der Waals surface area contributed by atoms with Gasteiger partial charge in [-0.25, -0.2) is 9.78 Å². The van der Waals surface area contributed by atoms with E-state index in [4.69, 9.17) is 22.9 Å². The number of carboxylic acid groups (broad SMARTS) is 3. The molecule has 21 N–H and O–H groups in total. The molecule has 0 bridgehead atoms. The molecule has 33 heteroatoms. The third-order valence-corrected chi connectivity index (χ3v) is 11.9. The number of carbonyl (C=O) groups is 12. The summed E-state index contributed by atoms with van der Waals surface area (Å²) in [5.74, 6) is -15.2. The Kier molecular flexibility index (Phi) is 30.2. The highest BCUT2D eigenvalue weighted by atomic mass is 32.2. The number of carbonyl (C=O) groups excluding carboxylic acids is 9. The van der Waals surface area contributed by atoms with Gasteiger partial charge in [0.1, 0.15) is 48.3 Å². The van der Waals surface area contributed by atoms with Crippen LogP contribution in [-0.2, 0) is 64.0 Å². The third-order valence-electron chi connectivity index (χ3n) is 10.9. The van der Waals surface area contributed by atoms with E-state index >= 15 is 0 Å². The van der Waals surface area contributed by atoms with E-state index in [1.807, 2.05) is 11.6 Å². The molecule has 0 saturated heterocycles. The zero-order chi connectivity index (χ0) is 57.8. The standard InChI is InChI=1S/C43H71N15O16S2/c1-19(2)32(40(71)55-27(15-31(63)64)39(70)56-28(17-75)42(73)74)57-41(72)33(20(3)59)58-37(68)25(8-10-30(61)62)53-36(67)24(7-9-29(45)60)52-35(66)23(6-5-12-49-43(46)47)51-38(69)26(14-21-16-48-18-50-21)54-34(65)22(44)11-13-76-4/h16,18-20,22-28,32-33,59,75H,5-15,17,44H2,1-4H3,(H2,45,60)(H,48,50)(H,51,69)(H,52,66)(H,53,67)(H,54,65)(H,55,71)(H,56,70)(H,57,72)(H,58,68)(H,61,62)(H,63,64)(H,73,74)(H4,46,47,49)/t20-,22+,23+,24+,25+,26+,27+,28+,32+,33+/m1/s1. The van der Waals surface area contributed by atoms with E-state index in [1.165, 1.54) is 38.1 Å². The maximum atomic E-state index is 14.1. The number of aliphatic hydroxyl groups is 1. The Morgan fingerprint density at radius 1 is 0.645 bits per heavy atom. The monoisotopic (exact) mass is 1120 g/mol. The fourth-order valence-electron chi connectivity index (χ4n) is 6.70. The SMILES string of the molecule is CSCC[C@H](N)C(=O)N[C@@H](Cc1cnc[nH]1)C(=O)N[C@@H](CCCN=C(N)N)C(=O)N[C@@H](CCC(N)=O)C(=O)N[C@@H](CCC(=O)O)C(=O)N[C@H](C(=O)N[C@H](C(=O)N[C@@H](CC(=O)O)C(=O)N[C@@H](CS)C(=O)O)C(C)C)[C@@H](C)O. The Labute approximate surface area is 446 Å². The van der Waals surface area contributed by atoms with Gasteiger partial charge in [-0.15, -0.1) is 0 Å². The number of H-pyrrole nitrogens is 1. The fourth-order valence-corrected chi connectivity index (χ4v) is 7.44. The lowest BCUT2D eigenvalue weighted by atomic mass is 10.0. The van der Waals surface area contributed by atoms with Crippen molar-refractivity contribution in [3.8, 4) is 0 Å². The zero-order valence-corrected chi connectivity index (χ0v) is 43.9. The van der Waals surface area contributed by atoms with Crippen LogP contribution in [0.1, 0.15) is 77.8 Å². The predicted molar refractivity (Wildman–Crippen MR) is 274 cm³/mol. The molecular weight excluding hydrogens is 1050 g/mol. The second kappa shape index (κ2) is 34.3. The van der Waals surface area contributed by atoms with E-state index in [-0.39, 0.29) is 38.2 Å². The molecule has 76 heavy (non-hydrogen) atoms. The van der Waals surface area contributed by atoms with Crippen molar-refractivity contribution in [1.82, 2.24) is 52.5 Å². The highest BCUT2D eigenvalue weighted by Crippen LogP contribution is 2.11. The summed E-state index contributed by atoms with van der Waals surface area (Å²) >= 11 is 5.28. The number of rotatable bonds is 37. The Morgan fingerprint density at radius 3 is 1.61 bits per heavy atom. The first-order chi connectivity index (χ1) is 35.6. The summed E-state index contributed by atoms with van der Waals surface area (Å²) in [6.07, 6.45) is -0.800. The molecule has 10 atom stereocenters. The maximum Gasteiger partial charge on any atom is 0.327 e. The van der Waals surface area contributed by atoms with Gasteiger partial charge in [-0.3, -0.25) is 57.7 Å². The van der Waals surface area contributed by atoms with E-state index in [1.54, 1.807) is 0 Å². The molecule has 0 fully saturated rings. The lowest BCUT2D eigenvalue weighted by Gasteiger charge is -2.29. The molecule has 0 aliphatic carbocycles. The molecule has 1 aromatic heterocycles. The fraction of sp³-hybridized carbons (Fsp3) is 0.628. The summed E-state index contributed by atoms with van der Waals surface area (Å²) in [6, 6.07) is -14.5. The van der Waals surface area contributed by atoms with Crippen molar-refractivity contribution in [2.45, 2.75) is 139 Å². The van der Waals surface area contributed by atoms with Gasteiger partial charge in [-0.2, -0.15) is 24.4 Å². The van der Waals surface area contributed by atoms with Crippen molar-refractivity contribution < 1.29 is 78.0 Å². The number of aliphatic hydroxyl groups excluding tert-OH is 1. The molecule has 0 radical (unpaired) electrons. The van der Waals surface area contributed by atoms with Crippen LogP contribution in [0.15, 0.2) is 17.5 Å². The number of aliphatic carboxylic acids is 3. The van der Waals surface area contributed by atoms with E-state index in [0.29, 0.717) is 11.4 Å². The first-order valence-electron chi connectivity index (χ1n) is 23.6. The van der Waals surface area contributed by atoms with E-state index in [9.17, 15) is 78.0 Å². The molecule has 0 spiro atoms. The number of imidazole rings is 1. The van der Waals surface area contributed by atoms with Crippen LogP contribution in [0.25, 0.3) is 0 Å². The molecular formula is C43H71N15O16S2. The highest BCUT2D eigenvalue weighted by molar-refractivity contribution is 7.98. The maximum absolute atomic E-state index is 14.1. The summed E-state index contributed by atoms with van der Waals surface area (Å²) < 4.78 is 0. The molecule has 0 aromatic carbocycles. The number of aliphatic imine (C=N–C) groups is 1. The first kappa shape index (κ1) is 66.8. The van der Waals surface area contributed by atoms with Crippen molar-refractivity contribution in [1.29, 1.82) is 0 Å². The van der Waals surface area contributed by atoms with Gasteiger partial charge >= 0.3 is 17.9 Å². The second-order valence-corrected chi connectivity index (χ2v) is 18.8. The molecule has 0 aliphatic heterocycles. The number of nitrogens with one attached hydrogen (secondary N) is 9. The van der Waals surface area contributed by atoms with Gasteiger partial charge in [0.25, 0.3) is 0 Å². The van der Waals surface area contributed by atoms with Crippen LogP contribution in [0.2, 0.25) is 0 Å². The van der Waals surface area contributed by atoms with Crippen molar-refractivity contribution in [2.24, 2.45) is 33.8 Å². The second-order valence-electron chi connectivity index (χ2n) is 17.5. The topological polar surface area (TPSA) is 527 Å². The van der Waals surface area contributed by atoms with Crippen LogP contribution < -0.4 is 65.5 Å². The van der Waals surface area contributed by atoms with Gasteiger partial charge in [0, 0.05) is 43.5 Å². The quantitative estimate of drug-likeness (QED) is 0.0128. The molecule has 31 nitrogen and oxygen atoms in total. The lowest BCUT2D eigenvalue weighted by molar-refractivity contribution is -0.143. The van der Waals surface area contributed by atoms with Crippen LogP contribution in [0, 0.1) is 5.92 Å². The van der Waals surface area contributed by atoms with Crippen molar-refractivity contribution in [3.05, 3.63) is 18.2 Å². The first-order valence-corrected chi connectivity index (χ1v) is 25.6. The Hall–Kier alpha value is -7.26. The van der Waals surface area contributed by atoms with Crippen LogP contribution >= 0.6 is 24.4 Å². The number of hydrogen-bond acceptors (Lipinski definition) is 18. The number of hydrogen-bond donors (Lipinski definition) is 18. The normalized spacial score (nSPS) is 14.9. The Balaban J connectivity index is 3.55. The lowest BCUT2D eigenvalue weighted by Crippen LogP contribution is -2.62. The average Bonchev–Trinajstić information content (AvgIpc) is 3.85. The number of aromatic amines is 1.